The van der Waals surface area contributed by atoms with E-state index in [-0.39, 0.29) is 4.83 Å². The maximum atomic E-state index is 11.5. The zero-order chi connectivity index (χ0) is 20.0. The van der Waals surface area contributed by atoms with Crippen molar-refractivity contribution in [3.8, 4) is 0 Å². The van der Waals surface area contributed by atoms with Gasteiger partial charge in [0.25, 0.3) is 0 Å². The average Bonchev–Trinajstić information content (AvgIpc) is 3.10. The van der Waals surface area contributed by atoms with E-state index in [0.29, 0.717) is 5.78 Å². The number of alkyl halides is 1. The number of unbranched alkanes of at least 4 members (excludes halogenated alkanes) is 11. The third-order valence-electron chi connectivity index (χ3n) is 5.52. The molecule has 1 aromatic carbocycles. The Hall–Kier alpha value is -1.09. The van der Waals surface area contributed by atoms with Crippen LogP contribution in [0, 0.1) is 0 Å². The number of fused-ring (bicyclic) bond motifs is 1. The molecule has 0 bridgehead atoms. The Morgan fingerprint density at radius 1 is 0.857 bits per heavy atom. The van der Waals surface area contributed by atoms with Crippen molar-refractivity contribution >= 4 is 32.7 Å². The molecule has 1 unspecified atom stereocenters. The first-order chi connectivity index (χ1) is 13.7. The molecule has 0 radical (unpaired) electrons. The molecular formula is C25H37BrO2. The van der Waals surface area contributed by atoms with E-state index < -0.39 is 0 Å². The van der Waals surface area contributed by atoms with Crippen molar-refractivity contribution in [3.05, 3.63) is 36.1 Å². The SMILES string of the molecule is CC(Br)C(=O)CCCCCCCCCCCCCCc1cc2ccccc2o1. The van der Waals surface area contributed by atoms with E-state index in [0.717, 1.165) is 30.6 Å². The number of rotatable bonds is 16. The van der Waals surface area contributed by atoms with Crippen LogP contribution in [0.5, 0.6) is 0 Å². The van der Waals surface area contributed by atoms with E-state index in [1.807, 2.05) is 19.1 Å². The van der Waals surface area contributed by atoms with Gasteiger partial charge in [0.05, 0.1) is 4.83 Å². The lowest BCUT2D eigenvalue weighted by atomic mass is 10.0. The van der Waals surface area contributed by atoms with Gasteiger partial charge in [-0.15, -0.1) is 0 Å². The molecule has 0 N–H and O–H groups in total. The van der Waals surface area contributed by atoms with Crippen LogP contribution < -0.4 is 0 Å². The minimum absolute atomic E-state index is 0.0257. The van der Waals surface area contributed by atoms with Gasteiger partial charge in [0.1, 0.15) is 17.1 Å². The van der Waals surface area contributed by atoms with Crippen molar-refractivity contribution in [2.24, 2.45) is 0 Å². The van der Waals surface area contributed by atoms with Crippen LogP contribution in [0.2, 0.25) is 0 Å². The summed E-state index contributed by atoms with van der Waals surface area (Å²) in [5.41, 5.74) is 1.01. The first kappa shape index (κ1) is 23.2. The van der Waals surface area contributed by atoms with E-state index in [2.05, 4.69) is 34.1 Å². The molecule has 0 fully saturated rings. The van der Waals surface area contributed by atoms with Crippen LogP contribution in [0.3, 0.4) is 0 Å². The van der Waals surface area contributed by atoms with Crippen LogP contribution in [0.1, 0.15) is 96.2 Å². The van der Waals surface area contributed by atoms with Crippen molar-refractivity contribution in [2.75, 3.05) is 0 Å². The smallest absolute Gasteiger partial charge is 0.146 e. The monoisotopic (exact) mass is 448 g/mol. The van der Waals surface area contributed by atoms with Crippen LogP contribution in [0.25, 0.3) is 11.0 Å². The average molecular weight is 449 g/mol. The summed E-state index contributed by atoms with van der Waals surface area (Å²) in [5, 5.41) is 1.22. The molecule has 0 aliphatic heterocycles. The van der Waals surface area contributed by atoms with Crippen LogP contribution in [-0.2, 0) is 11.2 Å². The molecule has 0 amide bonds. The maximum absolute atomic E-state index is 11.5. The van der Waals surface area contributed by atoms with Gasteiger partial charge in [-0.1, -0.05) is 98.3 Å². The number of hydrogen-bond donors (Lipinski definition) is 0. The zero-order valence-corrected chi connectivity index (χ0v) is 19.1. The van der Waals surface area contributed by atoms with Crippen LogP contribution in [0.15, 0.2) is 34.7 Å². The number of ketones is 1. The van der Waals surface area contributed by atoms with Crippen molar-refractivity contribution in [3.63, 3.8) is 0 Å². The highest BCUT2D eigenvalue weighted by Gasteiger charge is 2.07. The zero-order valence-electron chi connectivity index (χ0n) is 17.6. The molecule has 0 saturated heterocycles. The number of halogens is 1. The summed E-state index contributed by atoms with van der Waals surface area (Å²) in [5.74, 6) is 1.48. The predicted molar refractivity (Wildman–Crippen MR) is 123 cm³/mol. The predicted octanol–water partition coefficient (Wildman–Crippen LogP) is 8.40. The molecule has 0 spiro atoms. The fraction of sp³-hybridized carbons (Fsp3) is 0.640. The number of para-hydroxylation sites is 1. The molecule has 1 aromatic heterocycles. The van der Waals surface area contributed by atoms with Gasteiger partial charge in [-0.2, -0.15) is 0 Å². The van der Waals surface area contributed by atoms with Crippen molar-refractivity contribution < 1.29 is 9.21 Å². The third kappa shape index (κ3) is 9.41. The molecule has 0 saturated carbocycles. The minimum atomic E-state index is 0.0257. The molecule has 28 heavy (non-hydrogen) atoms. The van der Waals surface area contributed by atoms with Crippen LogP contribution >= 0.6 is 15.9 Å². The van der Waals surface area contributed by atoms with E-state index >= 15 is 0 Å². The number of Topliss-reactive ketones (excluding diaryl/α,β-unsaturated/α-hetero) is 1. The topological polar surface area (TPSA) is 30.2 Å². The fourth-order valence-electron chi connectivity index (χ4n) is 3.73. The number of hydrogen-bond acceptors (Lipinski definition) is 2. The molecule has 156 valence electrons. The number of carbonyl (C=O) groups excluding carboxylic acids is 1. The van der Waals surface area contributed by atoms with Crippen molar-refractivity contribution in [1.29, 1.82) is 0 Å². The van der Waals surface area contributed by atoms with Gasteiger partial charge >= 0.3 is 0 Å². The maximum Gasteiger partial charge on any atom is 0.146 e. The molecule has 2 rings (SSSR count). The Morgan fingerprint density at radius 3 is 1.96 bits per heavy atom. The molecule has 1 heterocycles. The summed E-state index contributed by atoms with van der Waals surface area (Å²) in [7, 11) is 0. The standard InChI is InChI=1S/C25H37BrO2/c1-21(26)24(27)18-13-11-9-7-5-3-2-4-6-8-10-12-17-23-20-22-16-14-15-19-25(22)28-23/h14-16,19-21H,2-13,17-18H2,1H3. The van der Waals surface area contributed by atoms with Crippen molar-refractivity contribution in [2.45, 2.75) is 102 Å². The molecular weight excluding hydrogens is 412 g/mol. The summed E-state index contributed by atoms with van der Waals surface area (Å²) < 4.78 is 5.88. The summed E-state index contributed by atoms with van der Waals surface area (Å²) in [4.78, 5) is 11.5. The van der Waals surface area contributed by atoms with Crippen LogP contribution in [-0.4, -0.2) is 10.6 Å². The normalized spacial score (nSPS) is 12.5. The number of aryl methyl sites for hydroxylation is 1. The van der Waals surface area contributed by atoms with Gasteiger partial charge in [0.2, 0.25) is 0 Å². The Kier molecular flexibility index (Phi) is 11.6. The number of benzene rings is 1. The lowest BCUT2D eigenvalue weighted by molar-refractivity contribution is -0.118. The lowest BCUT2D eigenvalue weighted by Gasteiger charge is -2.04. The van der Waals surface area contributed by atoms with Crippen molar-refractivity contribution in [1.82, 2.24) is 0 Å². The second kappa shape index (κ2) is 14.0. The molecule has 2 nitrogen and oxygen atoms in total. The van der Waals surface area contributed by atoms with Gasteiger partial charge < -0.3 is 4.42 Å². The summed E-state index contributed by atoms with van der Waals surface area (Å²) in [6.07, 6.45) is 17.4. The van der Waals surface area contributed by atoms with Gasteiger partial charge in [-0.3, -0.25) is 4.79 Å². The van der Waals surface area contributed by atoms with E-state index in [1.54, 1.807) is 0 Å². The Bertz CT molecular complexity index is 641. The quantitative estimate of drug-likeness (QED) is 0.190. The molecule has 0 aliphatic rings. The molecule has 3 heteroatoms. The van der Waals surface area contributed by atoms with Gasteiger partial charge in [-0.05, 0) is 31.9 Å². The van der Waals surface area contributed by atoms with Gasteiger partial charge in [0.15, 0.2) is 0 Å². The van der Waals surface area contributed by atoms with E-state index in [9.17, 15) is 4.79 Å². The van der Waals surface area contributed by atoms with Crippen LogP contribution in [0.4, 0.5) is 0 Å². The highest BCUT2D eigenvalue weighted by molar-refractivity contribution is 9.10. The summed E-state index contributed by atoms with van der Waals surface area (Å²) in [6.45, 7) is 1.92. The number of carbonyl (C=O) groups is 1. The molecule has 1 atom stereocenters. The highest BCUT2D eigenvalue weighted by Crippen LogP contribution is 2.21. The minimum Gasteiger partial charge on any atom is -0.461 e. The van der Waals surface area contributed by atoms with Gasteiger partial charge in [-0.25, -0.2) is 0 Å². The molecule has 0 aliphatic carbocycles. The Morgan fingerprint density at radius 2 is 1.39 bits per heavy atom. The Balaban J connectivity index is 1.34. The first-order valence-electron chi connectivity index (χ1n) is 11.3. The second-order valence-electron chi connectivity index (χ2n) is 8.08. The van der Waals surface area contributed by atoms with Gasteiger partial charge in [0, 0.05) is 18.2 Å². The number of furan rings is 1. The Labute approximate surface area is 179 Å². The lowest BCUT2D eigenvalue weighted by Crippen LogP contribution is -2.08. The summed E-state index contributed by atoms with van der Waals surface area (Å²) >= 11 is 3.34. The third-order valence-corrected chi connectivity index (χ3v) is 6.03. The largest absolute Gasteiger partial charge is 0.461 e. The first-order valence-corrected chi connectivity index (χ1v) is 12.2. The highest BCUT2D eigenvalue weighted by atomic mass is 79.9. The van der Waals surface area contributed by atoms with E-state index in [1.165, 1.54) is 76.0 Å². The fourth-order valence-corrected chi connectivity index (χ4v) is 3.95. The summed E-state index contributed by atoms with van der Waals surface area (Å²) in [6, 6.07) is 10.5. The molecule has 2 aromatic rings. The van der Waals surface area contributed by atoms with E-state index in [4.69, 9.17) is 4.42 Å². The second-order valence-corrected chi connectivity index (χ2v) is 9.45.